The van der Waals surface area contributed by atoms with Gasteiger partial charge in [0, 0.05) is 31.2 Å². The maximum atomic E-state index is 12.6. The van der Waals surface area contributed by atoms with Gasteiger partial charge in [0.2, 0.25) is 5.91 Å². The highest BCUT2D eigenvalue weighted by Crippen LogP contribution is 2.25. The van der Waals surface area contributed by atoms with Crippen LogP contribution in [0.25, 0.3) is 10.8 Å². The summed E-state index contributed by atoms with van der Waals surface area (Å²) < 4.78 is 0. The molecule has 0 spiro atoms. The Hall–Kier alpha value is -2.40. The molecule has 1 saturated heterocycles. The summed E-state index contributed by atoms with van der Waals surface area (Å²) in [5.74, 6) is 0.794. The molecule has 1 atom stereocenters. The van der Waals surface area contributed by atoms with Crippen LogP contribution in [0.15, 0.2) is 42.5 Å². The van der Waals surface area contributed by atoms with E-state index in [0.29, 0.717) is 24.6 Å². The van der Waals surface area contributed by atoms with E-state index in [9.17, 15) is 9.59 Å². The lowest BCUT2D eigenvalue weighted by Crippen LogP contribution is -2.42. The van der Waals surface area contributed by atoms with Crippen molar-refractivity contribution in [1.82, 2.24) is 15.5 Å². The van der Waals surface area contributed by atoms with E-state index in [1.54, 1.807) is 0 Å². The molecule has 0 bridgehead atoms. The van der Waals surface area contributed by atoms with Crippen LogP contribution in [0, 0.1) is 5.92 Å². The number of carbonyl (C=O) groups excluding carboxylic acids is 2. The molecule has 2 fully saturated rings. The van der Waals surface area contributed by atoms with Crippen molar-refractivity contribution in [3.05, 3.63) is 48.0 Å². The smallest absolute Gasteiger partial charge is 0.251 e. The van der Waals surface area contributed by atoms with Gasteiger partial charge in [-0.05, 0) is 48.1 Å². The fourth-order valence-electron chi connectivity index (χ4n) is 4.58. The zero-order chi connectivity index (χ0) is 20.1. The lowest BCUT2D eigenvalue weighted by Gasteiger charge is -2.28. The first-order chi connectivity index (χ1) is 14.2. The molecule has 5 nitrogen and oxygen atoms in total. The zero-order valence-electron chi connectivity index (χ0n) is 17.0. The summed E-state index contributed by atoms with van der Waals surface area (Å²) >= 11 is 0. The van der Waals surface area contributed by atoms with Gasteiger partial charge in [0.15, 0.2) is 0 Å². The lowest BCUT2D eigenvalue weighted by molar-refractivity contribution is -0.130. The number of hydrogen-bond acceptors (Lipinski definition) is 3. The summed E-state index contributed by atoms with van der Waals surface area (Å²) in [6.45, 7) is 2.58. The summed E-state index contributed by atoms with van der Waals surface area (Å²) in [5, 5.41) is 8.57. The molecule has 5 heteroatoms. The molecule has 2 aromatic carbocycles. The molecule has 1 heterocycles. The van der Waals surface area contributed by atoms with E-state index in [1.807, 2.05) is 47.4 Å². The Bertz CT molecular complexity index is 860. The molecule has 0 aromatic heterocycles. The van der Waals surface area contributed by atoms with Crippen molar-refractivity contribution in [3.63, 3.8) is 0 Å². The van der Waals surface area contributed by atoms with Crippen molar-refractivity contribution < 1.29 is 9.59 Å². The Labute approximate surface area is 172 Å². The van der Waals surface area contributed by atoms with Crippen molar-refractivity contribution in [1.29, 1.82) is 0 Å². The average molecular weight is 394 g/mol. The third kappa shape index (κ3) is 5.15. The number of carbonyl (C=O) groups is 2. The van der Waals surface area contributed by atoms with E-state index in [4.69, 9.17) is 0 Å². The predicted octanol–water partition coefficient (Wildman–Crippen LogP) is 3.34. The number of nitrogens with one attached hydrogen (secondary N) is 2. The van der Waals surface area contributed by atoms with Crippen LogP contribution < -0.4 is 10.6 Å². The van der Waals surface area contributed by atoms with E-state index in [-0.39, 0.29) is 17.9 Å². The van der Waals surface area contributed by atoms with Crippen LogP contribution in [0.1, 0.15) is 48.9 Å². The minimum absolute atomic E-state index is 0.0628. The van der Waals surface area contributed by atoms with Crippen molar-refractivity contribution >= 4 is 22.6 Å². The van der Waals surface area contributed by atoms with Gasteiger partial charge in [-0.15, -0.1) is 0 Å². The maximum Gasteiger partial charge on any atom is 0.251 e. The molecule has 1 saturated carbocycles. The van der Waals surface area contributed by atoms with Gasteiger partial charge in [-0.3, -0.25) is 9.59 Å². The molecule has 1 aliphatic heterocycles. The number of nitrogens with zero attached hydrogens (tertiary/aromatic N) is 1. The molecular weight excluding hydrogens is 362 g/mol. The Morgan fingerprint density at radius 3 is 2.66 bits per heavy atom. The SMILES string of the molecule is O=C(NCC1CCN(CC2CCCCC2)C(=O)CN1)c1ccc2ccccc2c1. The fraction of sp³-hybridized carbons (Fsp3) is 0.500. The zero-order valence-corrected chi connectivity index (χ0v) is 17.0. The largest absolute Gasteiger partial charge is 0.350 e. The van der Waals surface area contributed by atoms with Crippen molar-refractivity contribution in [3.8, 4) is 0 Å². The summed E-state index contributed by atoms with van der Waals surface area (Å²) in [7, 11) is 0. The molecule has 154 valence electrons. The van der Waals surface area contributed by atoms with E-state index in [1.165, 1.54) is 32.1 Å². The quantitative estimate of drug-likeness (QED) is 0.819. The molecule has 4 rings (SSSR count). The molecule has 0 radical (unpaired) electrons. The van der Waals surface area contributed by atoms with E-state index in [0.717, 1.165) is 30.3 Å². The molecule has 29 heavy (non-hydrogen) atoms. The monoisotopic (exact) mass is 393 g/mol. The van der Waals surface area contributed by atoms with Gasteiger partial charge in [0.25, 0.3) is 5.91 Å². The van der Waals surface area contributed by atoms with Gasteiger partial charge < -0.3 is 15.5 Å². The minimum atomic E-state index is -0.0628. The van der Waals surface area contributed by atoms with Crippen LogP contribution in [0.5, 0.6) is 0 Å². The fourth-order valence-corrected chi connectivity index (χ4v) is 4.58. The minimum Gasteiger partial charge on any atom is -0.350 e. The van der Waals surface area contributed by atoms with Gasteiger partial charge >= 0.3 is 0 Å². The van der Waals surface area contributed by atoms with Gasteiger partial charge in [-0.25, -0.2) is 0 Å². The normalized spacial score (nSPS) is 21.2. The van der Waals surface area contributed by atoms with Gasteiger partial charge in [-0.1, -0.05) is 49.6 Å². The predicted molar refractivity (Wildman–Crippen MR) is 116 cm³/mol. The molecule has 1 unspecified atom stereocenters. The Morgan fingerprint density at radius 2 is 1.83 bits per heavy atom. The van der Waals surface area contributed by atoms with E-state index in [2.05, 4.69) is 10.6 Å². The van der Waals surface area contributed by atoms with E-state index < -0.39 is 0 Å². The molecule has 2 aliphatic rings. The van der Waals surface area contributed by atoms with Gasteiger partial charge in [0.1, 0.15) is 0 Å². The average Bonchev–Trinajstić information content (AvgIpc) is 2.94. The standard InChI is InChI=1S/C24H31N3O2/c28-23-16-25-22(12-13-27(23)17-18-6-2-1-3-7-18)15-26-24(29)21-11-10-19-8-4-5-9-20(19)14-21/h4-5,8-11,14,18,22,25H,1-3,6-7,12-13,15-17H2,(H,26,29). The Balaban J connectivity index is 1.29. The molecule has 2 aromatic rings. The van der Waals surface area contributed by atoms with Crippen LogP contribution in [0.2, 0.25) is 0 Å². The second kappa shape index (κ2) is 9.40. The molecule has 1 aliphatic carbocycles. The number of hydrogen-bond donors (Lipinski definition) is 2. The van der Waals surface area contributed by atoms with Crippen LogP contribution in [-0.4, -0.2) is 48.9 Å². The maximum absolute atomic E-state index is 12.6. The van der Waals surface area contributed by atoms with Gasteiger partial charge in [0.05, 0.1) is 6.54 Å². The second-order valence-corrected chi connectivity index (χ2v) is 8.48. The number of fused-ring (bicyclic) bond motifs is 1. The number of benzene rings is 2. The summed E-state index contributed by atoms with van der Waals surface area (Å²) in [4.78, 5) is 27.1. The lowest BCUT2D eigenvalue weighted by atomic mass is 9.89. The van der Waals surface area contributed by atoms with Crippen molar-refractivity contribution in [2.45, 2.75) is 44.6 Å². The number of rotatable bonds is 5. The van der Waals surface area contributed by atoms with Crippen LogP contribution in [-0.2, 0) is 4.79 Å². The van der Waals surface area contributed by atoms with Crippen LogP contribution in [0.3, 0.4) is 0 Å². The number of amides is 2. The highest BCUT2D eigenvalue weighted by atomic mass is 16.2. The van der Waals surface area contributed by atoms with Gasteiger partial charge in [-0.2, -0.15) is 0 Å². The Kier molecular flexibility index (Phi) is 6.45. The van der Waals surface area contributed by atoms with Crippen molar-refractivity contribution in [2.75, 3.05) is 26.2 Å². The molecular formula is C24H31N3O2. The second-order valence-electron chi connectivity index (χ2n) is 8.48. The summed E-state index contributed by atoms with van der Waals surface area (Å²) in [6.07, 6.45) is 7.31. The first-order valence-electron chi connectivity index (χ1n) is 11.0. The van der Waals surface area contributed by atoms with Crippen LogP contribution >= 0.6 is 0 Å². The highest BCUT2D eigenvalue weighted by Gasteiger charge is 2.25. The molecule has 2 amide bonds. The highest BCUT2D eigenvalue weighted by molar-refractivity contribution is 5.98. The van der Waals surface area contributed by atoms with E-state index >= 15 is 0 Å². The first-order valence-corrected chi connectivity index (χ1v) is 11.0. The van der Waals surface area contributed by atoms with Crippen molar-refractivity contribution in [2.24, 2.45) is 5.92 Å². The van der Waals surface area contributed by atoms with Crippen LogP contribution in [0.4, 0.5) is 0 Å². The third-order valence-electron chi connectivity index (χ3n) is 6.37. The topological polar surface area (TPSA) is 61.4 Å². The third-order valence-corrected chi connectivity index (χ3v) is 6.37. The summed E-state index contributed by atoms with van der Waals surface area (Å²) in [6, 6.07) is 14.0. The molecule has 2 N–H and O–H groups in total. The summed E-state index contributed by atoms with van der Waals surface area (Å²) in [5.41, 5.74) is 0.673. The first kappa shape index (κ1) is 19.9. The Morgan fingerprint density at radius 1 is 1.03 bits per heavy atom.